The van der Waals surface area contributed by atoms with E-state index in [4.69, 9.17) is 4.74 Å². The highest BCUT2D eigenvalue weighted by molar-refractivity contribution is 9.10. The summed E-state index contributed by atoms with van der Waals surface area (Å²) < 4.78 is 6.41. The zero-order valence-electron chi connectivity index (χ0n) is 15.5. The molecule has 7 heteroatoms. The van der Waals surface area contributed by atoms with Crippen LogP contribution < -0.4 is 10.1 Å². The molecule has 0 aliphatic carbocycles. The van der Waals surface area contributed by atoms with Gasteiger partial charge in [-0.05, 0) is 65.5 Å². The second kappa shape index (κ2) is 7.59. The molecule has 0 aliphatic heterocycles. The fourth-order valence-electron chi connectivity index (χ4n) is 3.39. The van der Waals surface area contributed by atoms with Crippen molar-refractivity contribution in [2.24, 2.45) is 0 Å². The zero-order chi connectivity index (χ0) is 19.7. The first-order valence-corrected chi connectivity index (χ1v) is 9.75. The lowest BCUT2D eigenvalue weighted by Gasteiger charge is -2.08. The third-order valence-electron chi connectivity index (χ3n) is 4.73. The molecule has 0 spiro atoms. The van der Waals surface area contributed by atoms with Crippen LogP contribution in [0.25, 0.3) is 21.9 Å². The van der Waals surface area contributed by atoms with Crippen LogP contribution in [0.4, 0.5) is 4.79 Å². The van der Waals surface area contributed by atoms with Gasteiger partial charge >= 0.3 is 6.09 Å². The summed E-state index contributed by atoms with van der Waals surface area (Å²) in [7, 11) is 0. The maximum atomic E-state index is 12.2. The number of benzene rings is 2. The summed E-state index contributed by atoms with van der Waals surface area (Å²) in [5.41, 5.74) is 6.04. The van der Waals surface area contributed by atoms with Gasteiger partial charge in [0.25, 0.3) is 0 Å². The van der Waals surface area contributed by atoms with Crippen molar-refractivity contribution in [1.82, 2.24) is 20.3 Å². The normalized spacial score (nSPS) is 11.1. The number of aromatic amines is 1. The molecule has 2 N–H and O–H groups in total. The van der Waals surface area contributed by atoms with Gasteiger partial charge in [-0.15, -0.1) is 0 Å². The summed E-state index contributed by atoms with van der Waals surface area (Å²) in [5, 5.41) is 4.02. The number of aryl methyl sites for hydroxylation is 2. The van der Waals surface area contributed by atoms with Gasteiger partial charge in [-0.3, -0.25) is 9.97 Å². The van der Waals surface area contributed by atoms with Crippen molar-refractivity contribution in [1.29, 1.82) is 0 Å². The molecule has 0 unspecified atom stereocenters. The van der Waals surface area contributed by atoms with Gasteiger partial charge in [-0.1, -0.05) is 6.07 Å². The summed E-state index contributed by atoms with van der Waals surface area (Å²) >= 11 is 3.59. The van der Waals surface area contributed by atoms with Crippen molar-refractivity contribution < 1.29 is 9.53 Å². The van der Waals surface area contributed by atoms with Crippen molar-refractivity contribution in [3.8, 4) is 5.75 Å². The largest absolute Gasteiger partial charge is 0.412 e. The maximum Gasteiger partial charge on any atom is 0.412 e. The zero-order valence-corrected chi connectivity index (χ0v) is 17.1. The number of hydrogen-bond acceptors (Lipinski definition) is 4. The number of ether oxygens (including phenoxy) is 1. The quantitative estimate of drug-likeness (QED) is 0.478. The Morgan fingerprint density at radius 2 is 1.93 bits per heavy atom. The summed E-state index contributed by atoms with van der Waals surface area (Å²) in [5.74, 6) is 0.438. The van der Waals surface area contributed by atoms with E-state index >= 15 is 0 Å². The molecule has 142 valence electrons. The van der Waals surface area contributed by atoms with E-state index in [0.29, 0.717) is 24.2 Å². The van der Waals surface area contributed by atoms with Crippen LogP contribution in [0, 0.1) is 13.8 Å². The molecule has 0 fully saturated rings. The van der Waals surface area contributed by atoms with Gasteiger partial charge in [-0.2, -0.15) is 0 Å². The number of fused-ring (bicyclic) bond motifs is 2. The fraction of sp³-hybridized carbons (Fsp3) is 0.190. The minimum Gasteiger partial charge on any atom is -0.410 e. The van der Waals surface area contributed by atoms with Gasteiger partial charge < -0.3 is 15.0 Å². The Morgan fingerprint density at radius 1 is 1.14 bits per heavy atom. The highest BCUT2D eigenvalue weighted by atomic mass is 79.9. The van der Waals surface area contributed by atoms with Gasteiger partial charge in [0, 0.05) is 40.6 Å². The van der Waals surface area contributed by atoms with E-state index in [0.717, 1.165) is 21.2 Å². The predicted octanol–water partition coefficient (Wildman–Crippen LogP) is 4.82. The van der Waals surface area contributed by atoms with Gasteiger partial charge in [0.2, 0.25) is 0 Å². The van der Waals surface area contributed by atoms with Crippen LogP contribution in [0.5, 0.6) is 5.75 Å². The minimum atomic E-state index is -0.487. The van der Waals surface area contributed by atoms with Crippen molar-refractivity contribution >= 4 is 44.0 Å². The first kappa shape index (κ1) is 18.4. The molecule has 0 bridgehead atoms. The summed E-state index contributed by atoms with van der Waals surface area (Å²) in [6.07, 6.45) is 3.46. The Hall–Kier alpha value is -2.93. The smallest absolute Gasteiger partial charge is 0.410 e. The van der Waals surface area contributed by atoms with E-state index in [1.165, 1.54) is 16.5 Å². The first-order chi connectivity index (χ1) is 13.5. The molecule has 0 aliphatic rings. The number of carbonyl (C=O) groups excluding carboxylic acids is 1. The van der Waals surface area contributed by atoms with Gasteiger partial charge in [0.1, 0.15) is 5.75 Å². The Morgan fingerprint density at radius 3 is 2.75 bits per heavy atom. The molecule has 4 aromatic rings. The lowest BCUT2D eigenvalue weighted by Crippen LogP contribution is -2.28. The molecular weight excluding hydrogens is 420 g/mol. The van der Waals surface area contributed by atoms with E-state index in [1.807, 2.05) is 6.07 Å². The van der Waals surface area contributed by atoms with E-state index in [-0.39, 0.29) is 0 Å². The van der Waals surface area contributed by atoms with Crippen LogP contribution >= 0.6 is 15.9 Å². The number of rotatable bonds is 4. The highest BCUT2D eigenvalue weighted by Crippen LogP contribution is 2.31. The highest BCUT2D eigenvalue weighted by Gasteiger charge is 2.13. The Kier molecular flexibility index (Phi) is 5.00. The van der Waals surface area contributed by atoms with Gasteiger partial charge in [0.05, 0.1) is 16.6 Å². The molecule has 0 saturated carbocycles. The molecular formula is C21H19BrN4O2. The molecule has 2 aromatic carbocycles. The third-order valence-corrected chi connectivity index (χ3v) is 5.39. The summed E-state index contributed by atoms with van der Waals surface area (Å²) in [4.78, 5) is 24.0. The van der Waals surface area contributed by atoms with E-state index in [9.17, 15) is 4.79 Å². The van der Waals surface area contributed by atoms with Crippen LogP contribution in [-0.2, 0) is 6.42 Å². The molecule has 1 amide bonds. The molecule has 6 nitrogen and oxygen atoms in total. The number of amides is 1. The molecule has 2 aromatic heterocycles. The van der Waals surface area contributed by atoms with E-state index in [2.05, 4.69) is 56.1 Å². The molecule has 28 heavy (non-hydrogen) atoms. The number of H-pyrrole nitrogens is 1. The first-order valence-electron chi connectivity index (χ1n) is 8.95. The predicted molar refractivity (Wildman–Crippen MR) is 113 cm³/mol. The maximum absolute atomic E-state index is 12.2. The number of halogens is 1. The van der Waals surface area contributed by atoms with E-state index in [1.54, 1.807) is 30.6 Å². The van der Waals surface area contributed by atoms with Crippen molar-refractivity contribution in [3.63, 3.8) is 0 Å². The third kappa shape index (κ3) is 3.57. The Bertz CT molecular complexity index is 1190. The number of nitrogens with one attached hydrogen (secondary N) is 2. The molecule has 0 radical (unpaired) electrons. The number of carbonyl (C=O) groups is 1. The lowest BCUT2D eigenvalue weighted by molar-refractivity contribution is 0.200. The molecule has 0 atom stereocenters. The number of aromatic nitrogens is 3. The van der Waals surface area contributed by atoms with Crippen LogP contribution in [0.3, 0.4) is 0 Å². The second-order valence-electron chi connectivity index (χ2n) is 6.62. The average molecular weight is 439 g/mol. The average Bonchev–Trinajstić information content (AvgIpc) is 3.02. The fourth-order valence-corrected chi connectivity index (χ4v) is 3.82. The van der Waals surface area contributed by atoms with Gasteiger partial charge in [-0.25, -0.2) is 4.79 Å². The standard InChI is InChI=1S/C21H19BrN4O2/c1-12-3-5-16(22)20-19(12)15(13(2)26-20)7-8-25-21(27)28-14-4-6-17-18(11-14)24-10-9-23-17/h3-6,9-11,26H,7-8H2,1-2H3,(H,25,27). The number of nitrogens with zero attached hydrogens (tertiary/aromatic N) is 2. The Labute approximate surface area is 170 Å². The van der Waals surface area contributed by atoms with Crippen LogP contribution in [0.1, 0.15) is 16.8 Å². The summed E-state index contributed by atoms with van der Waals surface area (Å²) in [6, 6.07) is 9.32. The van der Waals surface area contributed by atoms with Crippen LogP contribution in [-0.4, -0.2) is 27.6 Å². The monoisotopic (exact) mass is 438 g/mol. The Balaban J connectivity index is 1.42. The van der Waals surface area contributed by atoms with E-state index < -0.39 is 6.09 Å². The molecule has 4 rings (SSSR count). The topological polar surface area (TPSA) is 79.9 Å². The SMILES string of the molecule is Cc1[nH]c2c(Br)ccc(C)c2c1CCNC(=O)Oc1ccc2nccnc2c1. The van der Waals surface area contributed by atoms with Crippen molar-refractivity contribution in [2.45, 2.75) is 20.3 Å². The van der Waals surface area contributed by atoms with Gasteiger partial charge in [0.15, 0.2) is 0 Å². The molecule has 0 saturated heterocycles. The van der Waals surface area contributed by atoms with Crippen molar-refractivity contribution in [2.75, 3.05) is 6.54 Å². The number of hydrogen-bond donors (Lipinski definition) is 2. The molecule has 2 heterocycles. The second-order valence-corrected chi connectivity index (χ2v) is 7.47. The van der Waals surface area contributed by atoms with Crippen LogP contribution in [0.2, 0.25) is 0 Å². The lowest BCUT2D eigenvalue weighted by atomic mass is 10.0. The minimum absolute atomic E-state index is 0.438. The van der Waals surface area contributed by atoms with Crippen molar-refractivity contribution in [3.05, 3.63) is 64.0 Å². The summed E-state index contributed by atoms with van der Waals surface area (Å²) in [6.45, 7) is 4.62. The van der Waals surface area contributed by atoms with Crippen LogP contribution in [0.15, 0.2) is 47.2 Å².